The lowest BCUT2D eigenvalue weighted by Gasteiger charge is -2.29. The van der Waals surface area contributed by atoms with E-state index in [0.717, 1.165) is 6.42 Å². The van der Waals surface area contributed by atoms with Crippen LogP contribution in [0.25, 0.3) is 0 Å². The van der Waals surface area contributed by atoms with Crippen molar-refractivity contribution in [2.45, 2.75) is 33.1 Å². The molecule has 1 heterocycles. The van der Waals surface area contributed by atoms with Gasteiger partial charge in [-0.05, 0) is 42.9 Å². The molecule has 0 spiro atoms. The Hall–Kier alpha value is -2.04. The highest BCUT2D eigenvalue weighted by Gasteiger charge is 2.26. The highest BCUT2D eigenvalue weighted by atomic mass is 16.6. The number of piperidine rings is 1. The minimum atomic E-state index is -0.362. The highest BCUT2D eigenvalue weighted by molar-refractivity contribution is 5.77. The van der Waals surface area contributed by atoms with Crippen LogP contribution in [0.5, 0.6) is 5.75 Å². The van der Waals surface area contributed by atoms with Gasteiger partial charge in [-0.2, -0.15) is 0 Å². The highest BCUT2D eigenvalue weighted by Crippen LogP contribution is 2.19. The fourth-order valence-corrected chi connectivity index (χ4v) is 2.68. The van der Waals surface area contributed by atoms with Crippen LogP contribution >= 0.6 is 0 Å². The van der Waals surface area contributed by atoms with Crippen LogP contribution in [0.4, 0.5) is 4.79 Å². The van der Waals surface area contributed by atoms with Gasteiger partial charge in [0, 0.05) is 19.0 Å². The second-order valence-corrected chi connectivity index (χ2v) is 6.27. The maximum absolute atomic E-state index is 12.1. The van der Waals surface area contributed by atoms with Crippen LogP contribution in [0.3, 0.4) is 0 Å². The number of hydrogen-bond acceptors (Lipinski definition) is 3. The molecule has 2 N–H and O–H groups in total. The van der Waals surface area contributed by atoms with Crippen molar-refractivity contribution in [3.05, 3.63) is 29.8 Å². The molecule has 0 radical (unpaired) electrons. The van der Waals surface area contributed by atoms with Crippen LogP contribution in [-0.2, 0) is 11.2 Å². The van der Waals surface area contributed by atoms with E-state index in [-0.39, 0.29) is 17.9 Å². The first-order valence-corrected chi connectivity index (χ1v) is 7.80. The summed E-state index contributed by atoms with van der Waals surface area (Å²) in [4.78, 5) is 24.8. The molecule has 0 atom stereocenters. The van der Waals surface area contributed by atoms with Crippen LogP contribution in [0.15, 0.2) is 24.3 Å². The molecule has 0 saturated carbocycles. The van der Waals surface area contributed by atoms with Gasteiger partial charge in [0.1, 0.15) is 5.75 Å². The smallest absolute Gasteiger partial charge is 0.410 e. The van der Waals surface area contributed by atoms with Crippen LogP contribution in [0, 0.1) is 11.8 Å². The largest absolute Gasteiger partial charge is 0.415 e. The molecule has 1 aromatic rings. The van der Waals surface area contributed by atoms with Crippen molar-refractivity contribution in [2.75, 3.05) is 13.1 Å². The van der Waals surface area contributed by atoms with E-state index in [9.17, 15) is 9.59 Å². The van der Waals surface area contributed by atoms with Gasteiger partial charge in [0.05, 0.1) is 0 Å². The second-order valence-electron chi connectivity index (χ2n) is 6.27. The van der Waals surface area contributed by atoms with Crippen molar-refractivity contribution >= 4 is 12.0 Å². The van der Waals surface area contributed by atoms with Crippen LogP contribution in [0.2, 0.25) is 0 Å². The molecule has 120 valence electrons. The number of ether oxygens (including phenoxy) is 1. The summed E-state index contributed by atoms with van der Waals surface area (Å²) in [6, 6.07) is 7.63. The van der Waals surface area contributed by atoms with E-state index in [1.54, 1.807) is 4.90 Å². The SMILES string of the molecule is CC(C)Cc1ccc(OC(=O)N2CCC(C(N)=O)CC2)cc1. The molecule has 2 rings (SSSR count). The van der Waals surface area contributed by atoms with E-state index in [4.69, 9.17) is 10.5 Å². The fourth-order valence-electron chi connectivity index (χ4n) is 2.68. The van der Waals surface area contributed by atoms with Crippen LogP contribution < -0.4 is 10.5 Å². The van der Waals surface area contributed by atoms with E-state index in [1.165, 1.54) is 5.56 Å². The summed E-state index contributed by atoms with van der Waals surface area (Å²) in [6.07, 6.45) is 1.87. The van der Waals surface area contributed by atoms with Gasteiger partial charge in [-0.3, -0.25) is 4.79 Å². The van der Waals surface area contributed by atoms with E-state index < -0.39 is 0 Å². The molecule has 1 saturated heterocycles. The topological polar surface area (TPSA) is 72.6 Å². The zero-order chi connectivity index (χ0) is 16.1. The molecular weight excluding hydrogens is 280 g/mol. The molecule has 1 fully saturated rings. The van der Waals surface area contributed by atoms with Gasteiger partial charge < -0.3 is 15.4 Å². The molecule has 5 nitrogen and oxygen atoms in total. The number of amides is 2. The lowest BCUT2D eigenvalue weighted by molar-refractivity contribution is -0.123. The van der Waals surface area contributed by atoms with Gasteiger partial charge in [-0.15, -0.1) is 0 Å². The van der Waals surface area contributed by atoms with Gasteiger partial charge >= 0.3 is 6.09 Å². The average Bonchev–Trinajstić information content (AvgIpc) is 2.49. The number of carbonyl (C=O) groups is 2. The number of benzene rings is 1. The third-order valence-electron chi connectivity index (χ3n) is 3.93. The summed E-state index contributed by atoms with van der Waals surface area (Å²) >= 11 is 0. The Morgan fingerprint density at radius 2 is 1.82 bits per heavy atom. The Morgan fingerprint density at radius 1 is 1.23 bits per heavy atom. The van der Waals surface area contributed by atoms with Crippen molar-refractivity contribution in [1.82, 2.24) is 4.90 Å². The minimum absolute atomic E-state index is 0.126. The number of rotatable bonds is 4. The standard InChI is InChI=1S/C17H24N2O3/c1-12(2)11-13-3-5-15(6-4-13)22-17(21)19-9-7-14(8-10-19)16(18)20/h3-6,12,14H,7-11H2,1-2H3,(H2,18,20). The quantitative estimate of drug-likeness (QED) is 0.929. The Balaban J connectivity index is 1.86. The third-order valence-corrected chi connectivity index (χ3v) is 3.93. The summed E-state index contributed by atoms with van der Waals surface area (Å²) in [5.74, 6) is 0.739. The fraction of sp³-hybridized carbons (Fsp3) is 0.529. The van der Waals surface area contributed by atoms with Crippen LogP contribution in [0.1, 0.15) is 32.3 Å². The summed E-state index contributed by atoms with van der Waals surface area (Å²) in [6.45, 7) is 5.36. The van der Waals surface area contributed by atoms with E-state index in [1.807, 2.05) is 24.3 Å². The molecule has 22 heavy (non-hydrogen) atoms. The predicted molar refractivity (Wildman–Crippen MR) is 84.5 cm³/mol. The zero-order valence-corrected chi connectivity index (χ0v) is 13.2. The summed E-state index contributed by atoms with van der Waals surface area (Å²) in [5.41, 5.74) is 6.52. The molecule has 0 bridgehead atoms. The molecule has 0 aromatic heterocycles. The predicted octanol–water partition coefficient (Wildman–Crippen LogP) is 2.58. The molecule has 1 aliphatic rings. The molecule has 0 aliphatic carbocycles. The van der Waals surface area contributed by atoms with E-state index >= 15 is 0 Å². The van der Waals surface area contributed by atoms with Crippen molar-refractivity contribution < 1.29 is 14.3 Å². The minimum Gasteiger partial charge on any atom is -0.410 e. The first kappa shape index (κ1) is 16.3. The number of nitrogens with zero attached hydrogens (tertiary/aromatic N) is 1. The van der Waals surface area contributed by atoms with Gasteiger partial charge in [0.2, 0.25) is 5.91 Å². The van der Waals surface area contributed by atoms with Gasteiger partial charge in [-0.25, -0.2) is 4.79 Å². The lowest BCUT2D eigenvalue weighted by atomic mass is 9.97. The maximum atomic E-state index is 12.1. The molecule has 2 amide bonds. The summed E-state index contributed by atoms with van der Waals surface area (Å²) in [7, 11) is 0. The molecule has 1 aromatic carbocycles. The van der Waals surface area contributed by atoms with Crippen LogP contribution in [-0.4, -0.2) is 30.0 Å². The molecule has 1 aliphatic heterocycles. The zero-order valence-electron chi connectivity index (χ0n) is 13.2. The van der Waals surface area contributed by atoms with Gasteiger partial charge in [0.15, 0.2) is 0 Å². The maximum Gasteiger partial charge on any atom is 0.415 e. The van der Waals surface area contributed by atoms with E-state index in [0.29, 0.717) is 37.6 Å². The van der Waals surface area contributed by atoms with E-state index in [2.05, 4.69) is 13.8 Å². The first-order chi connectivity index (χ1) is 10.5. The number of nitrogens with two attached hydrogens (primary N) is 1. The number of hydrogen-bond donors (Lipinski definition) is 1. The van der Waals surface area contributed by atoms with Gasteiger partial charge in [-0.1, -0.05) is 26.0 Å². The molecular formula is C17H24N2O3. The Kier molecular flexibility index (Phi) is 5.41. The van der Waals surface area contributed by atoms with Crippen molar-refractivity contribution in [3.63, 3.8) is 0 Å². The normalized spacial score (nSPS) is 15.9. The second kappa shape index (κ2) is 7.29. The number of carbonyl (C=O) groups excluding carboxylic acids is 2. The molecule has 0 unspecified atom stereocenters. The van der Waals surface area contributed by atoms with Crippen molar-refractivity contribution in [1.29, 1.82) is 0 Å². The average molecular weight is 304 g/mol. The Labute approximate surface area is 131 Å². The van der Waals surface area contributed by atoms with Crippen molar-refractivity contribution in [3.8, 4) is 5.75 Å². The van der Waals surface area contributed by atoms with Gasteiger partial charge in [0.25, 0.3) is 0 Å². The lowest BCUT2D eigenvalue weighted by Crippen LogP contribution is -2.42. The Morgan fingerprint density at radius 3 is 2.32 bits per heavy atom. The third kappa shape index (κ3) is 4.48. The number of likely N-dealkylation sites (tertiary alicyclic amines) is 1. The summed E-state index contributed by atoms with van der Waals surface area (Å²) < 4.78 is 5.38. The first-order valence-electron chi connectivity index (χ1n) is 7.80. The monoisotopic (exact) mass is 304 g/mol. The number of primary amides is 1. The summed E-state index contributed by atoms with van der Waals surface area (Å²) in [5, 5.41) is 0. The van der Waals surface area contributed by atoms with Crippen molar-refractivity contribution in [2.24, 2.45) is 17.6 Å². The Bertz CT molecular complexity index is 517. The molecule has 5 heteroatoms.